The molecule has 1 amide bonds. The Morgan fingerprint density at radius 1 is 1.35 bits per heavy atom. The third-order valence-corrected chi connectivity index (χ3v) is 5.31. The fourth-order valence-electron chi connectivity index (χ4n) is 3.16. The van der Waals surface area contributed by atoms with E-state index in [9.17, 15) is 4.79 Å². The van der Waals surface area contributed by atoms with Crippen LogP contribution in [0.5, 0.6) is 0 Å². The van der Waals surface area contributed by atoms with Crippen molar-refractivity contribution >= 4 is 33.3 Å². The van der Waals surface area contributed by atoms with Gasteiger partial charge in [-0.3, -0.25) is 9.48 Å². The van der Waals surface area contributed by atoms with Crippen LogP contribution in [0, 0.1) is 0 Å². The van der Waals surface area contributed by atoms with Gasteiger partial charge in [0.25, 0.3) is 0 Å². The van der Waals surface area contributed by atoms with Crippen LogP contribution >= 0.6 is 11.3 Å². The number of amides is 1. The molecule has 0 spiro atoms. The first-order chi connectivity index (χ1) is 12.7. The molecule has 9 heteroatoms. The molecular weight excluding hydrogens is 352 g/mol. The van der Waals surface area contributed by atoms with Crippen LogP contribution in [0.25, 0.3) is 10.2 Å². The number of hydrogen-bond donors (Lipinski definition) is 2. The number of aliphatic hydroxyl groups is 1. The predicted molar refractivity (Wildman–Crippen MR) is 99.1 cm³/mol. The van der Waals surface area contributed by atoms with Crippen molar-refractivity contribution in [2.75, 3.05) is 24.6 Å². The van der Waals surface area contributed by atoms with Crippen molar-refractivity contribution in [2.45, 2.75) is 25.9 Å². The minimum absolute atomic E-state index is 0.0408. The van der Waals surface area contributed by atoms with Gasteiger partial charge in [0.2, 0.25) is 5.91 Å². The zero-order valence-corrected chi connectivity index (χ0v) is 15.1. The van der Waals surface area contributed by atoms with E-state index in [1.165, 1.54) is 0 Å². The number of nitrogens with one attached hydrogen (secondary N) is 1. The monoisotopic (exact) mass is 372 g/mol. The molecule has 2 N–H and O–H groups in total. The normalized spacial score (nSPS) is 13.8. The number of anilines is 1. The molecule has 3 aromatic rings. The van der Waals surface area contributed by atoms with Gasteiger partial charge in [-0.15, -0.1) is 11.3 Å². The van der Waals surface area contributed by atoms with Gasteiger partial charge in [-0.2, -0.15) is 5.10 Å². The number of aromatic nitrogens is 4. The van der Waals surface area contributed by atoms with Crippen molar-refractivity contribution in [2.24, 2.45) is 0 Å². The Labute approximate surface area is 154 Å². The quantitative estimate of drug-likeness (QED) is 0.669. The second-order valence-corrected chi connectivity index (χ2v) is 7.09. The average Bonchev–Trinajstić information content (AvgIpc) is 3.29. The van der Waals surface area contributed by atoms with Gasteiger partial charge < -0.3 is 15.3 Å². The lowest BCUT2D eigenvalue weighted by Crippen LogP contribution is -2.34. The lowest BCUT2D eigenvalue weighted by Gasteiger charge is -2.28. The number of rotatable bonds is 6. The van der Waals surface area contributed by atoms with E-state index >= 15 is 0 Å². The number of aryl methyl sites for hydroxylation is 1. The van der Waals surface area contributed by atoms with E-state index in [1.807, 2.05) is 16.1 Å². The summed E-state index contributed by atoms with van der Waals surface area (Å²) < 4.78 is 3.13. The van der Waals surface area contributed by atoms with Crippen molar-refractivity contribution in [3.63, 3.8) is 0 Å². The summed E-state index contributed by atoms with van der Waals surface area (Å²) in [5, 5.41) is 18.1. The highest BCUT2D eigenvalue weighted by atomic mass is 32.1. The molecule has 0 aromatic carbocycles. The second-order valence-electron chi connectivity index (χ2n) is 6.18. The SMILES string of the molecule is O=C(CCc1cc2n(n1)CCN(c1ncnc3ccsc13)C2)NCCO. The number of nitrogens with zero attached hydrogens (tertiary/aromatic N) is 5. The number of fused-ring (bicyclic) bond motifs is 2. The van der Waals surface area contributed by atoms with Crippen LogP contribution in [-0.2, 0) is 24.3 Å². The number of hydrogen-bond acceptors (Lipinski definition) is 7. The smallest absolute Gasteiger partial charge is 0.220 e. The van der Waals surface area contributed by atoms with Crippen LogP contribution in [0.15, 0.2) is 23.8 Å². The van der Waals surface area contributed by atoms with Crippen molar-refractivity contribution in [1.82, 2.24) is 25.1 Å². The molecule has 1 aliphatic heterocycles. The fraction of sp³-hybridized carbons (Fsp3) is 0.412. The molecule has 0 aliphatic carbocycles. The third kappa shape index (κ3) is 3.40. The molecule has 0 unspecified atom stereocenters. The van der Waals surface area contributed by atoms with Crippen molar-refractivity contribution in [1.29, 1.82) is 0 Å². The van der Waals surface area contributed by atoms with Gasteiger partial charge in [0.15, 0.2) is 0 Å². The maximum absolute atomic E-state index is 11.7. The Morgan fingerprint density at radius 2 is 2.27 bits per heavy atom. The standard InChI is InChI=1S/C17H20N6O2S/c24-7-4-18-15(25)2-1-12-9-13-10-22(5-6-23(13)21-12)17-16-14(3-8-26-16)19-11-20-17/h3,8-9,11,24H,1-2,4-7,10H2,(H,18,25). The number of carbonyl (C=O) groups is 1. The van der Waals surface area contributed by atoms with E-state index in [2.05, 4.69) is 31.3 Å². The van der Waals surface area contributed by atoms with Gasteiger partial charge >= 0.3 is 0 Å². The summed E-state index contributed by atoms with van der Waals surface area (Å²) in [6.07, 6.45) is 2.59. The molecule has 136 valence electrons. The molecule has 0 radical (unpaired) electrons. The van der Waals surface area contributed by atoms with Crippen molar-refractivity contribution in [3.05, 3.63) is 35.2 Å². The highest BCUT2D eigenvalue weighted by Crippen LogP contribution is 2.30. The summed E-state index contributed by atoms with van der Waals surface area (Å²) in [5.41, 5.74) is 3.03. The molecule has 1 aliphatic rings. The van der Waals surface area contributed by atoms with Crippen molar-refractivity contribution < 1.29 is 9.90 Å². The Balaban J connectivity index is 1.45. The predicted octanol–water partition coefficient (Wildman–Crippen LogP) is 0.949. The number of carbonyl (C=O) groups excluding carboxylic acids is 1. The molecule has 0 saturated heterocycles. The van der Waals surface area contributed by atoms with Gasteiger partial charge in [-0.1, -0.05) is 0 Å². The summed E-state index contributed by atoms with van der Waals surface area (Å²) in [6, 6.07) is 4.08. The van der Waals surface area contributed by atoms with Crippen LogP contribution in [0.3, 0.4) is 0 Å². The Hall–Kier alpha value is -2.52. The molecule has 3 aromatic heterocycles. The van der Waals surface area contributed by atoms with Crippen LogP contribution < -0.4 is 10.2 Å². The lowest BCUT2D eigenvalue weighted by atomic mass is 10.2. The van der Waals surface area contributed by atoms with E-state index in [1.54, 1.807) is 17.7 Å². The molecule has 4 heterocycles. The molecule has 0 atom stereocenters. The van der Waals surface area contributed by atoms with Gasteiger partial charge in [-0.05, 0) is 17.5 Å². The Morgan fingerprint density at radius 3 is 3.15 bits per heavy atom. The van der Waals surface area contributed by atoms with E-state index < -0.39 is 0 Å². The zero-order valence-electron chi connectivity index (χ0n) is 14.3. The first-order valence-electron chi connectivity index (χ1n) is 8.61. The van der Waals surface area contributed by atoms with Crippen LogP contribution in [0.1, 0.15) is 17.8 Å². The summed E-state index contributed by atoms with van der Waals surface area (Å²) in [6.45, 7) is 2.64. The van der Waals surface area contributed by atoms with Gasteiger partial charge in [-0.25, -0.2) is 9.97 Å². The molecule has 4 rings (SSSR count). The first kappa shape index (κ1) is 16.9. The topological polar surface area (TPSA) is 96.2 Å². The largest absolute Gasteiger partial charge is 0.395 e. The van der Waals surface area contributed by atoms with Gasteiger partial charge in [0.05, 0.1) is 41.3 Å². The van der Waals surface area contributed by atoms with Crippen LogP contribution in [0.2, 0.25) is 0 Å². The van der Waals surface area contributed by atoms with Crippen molar-refractivity contribution in [3.8, 4) is 0 Å². The second kappa shape index (κ2) is 7.38. The van der Waals surface area contributed by atoms with E-state index in [-0.39, 0.29) is 12.5 Å². The lowest BCUT2D eigenvalue weighted by molar-refractivity contribution is -0.121. The highest BCUT2D eigenvalue weighted by molar-refractivity contribution is 7.17. The maximum atomic E-state index is 11.7. The zero-order chi connectivity index (χ0) is 17.9. The van der Waals surface area contributed by atoms with E-state index in [0.717, 1.165) is 47.1 Å². The molecular formula is C17H20N6O2S. The number of aliphatic hydroxyl groups excluding tert-OH is 1. The fourth-order valence-corrected chi connectivity index (χ4v) is 4.02. The number of thiophene rings is 1. The van der Waals surface area contributed by atoms with Crippen LogP contribution in [0.4, 0.5) is 5.82 Å². The Bertz CT molecular complexity index is 921. The summed E-state index contributed by atoms with van der Waals surface area (Å²) in [4.78, 5) is 22.7. The molecule has 0 bridgehead atoms. The van der Waals surface area contributed by atoms with E-state index in [4.69, 9.17) is 5.11 Å². The minimum atomic E-state index is -0.0623. The summed E-state index contributed by atoms with van der Waals surface area (Å²) >= 11 is 1.66. The maximum Gasteiger partial charge on any atom is 0.220 e. The third-order valence-electron chi connectivity index (χ3n) is 4.41. The van der Waals surface area contributed by atoms with Crippen LogP contribution in [-0.4, -0.2) is 50.5 Å². The minimum Gasteiger partial charge on any atom is -0.395 e. The molecule has 0 saturated carbocycles. The van der Waals surface area contributed by atoms with E-state index in [0.29, 0.717) is 19.4 Å². The highest BCUT2D eigenvalue weighted by Gasteiger charge is 2.21. The Kier molecular flexibility index (Phi) is 4.81. The molecule has 8 nitrogen and oxygen atoms in total. The first-order valence-corrected chi connectivity index (χ1v) is 9.49. The van der Waals surface area contributed by atoms with Gasteiger partial charge in [0.1, 0.15) is 12.1 Å². The summed E-state index contributed by atoms with van der Waals surface area (Å²) in [5.74, 6) is 0.912. The molecule has 0 fully saturated rings. The van der Waals surface area contributed by atoms with Gasteiger partial charge in [0, 0.05) is 25.9 Å². The molecule has 26 heavy (non-hydrogen) atoms. The average molecular weight is 372 g/mol. The summed E-state index contributed by atoms with van der Waals surface area (Å²) in [7, 11) is 0.